The molecule has 4 heterocycles. The summed E-state index contributed by atoms with van der Waals surface area (Å²) in [7, 11) is 0. The molecule has 3 aromatic heterocycles. The summed E-state index contributed by atoms with van der Waals surface area (Å²) in [6.07, 6.45) is -10.7. The van der Waals surface area contributed by atoms with Crippen LogP contribution in [0, 0.1) is 0 Å². The molecular weight excluding hydrogens is 458 g/mol. The zero-order valence-electron chi connectivity index (χ0n) is 14.8. The van der Waals surface area contributed by atoms with E-state index in [4.69, 9.17) is 0 Å². The van der Waals surface area contributed by atoms with Crippen LogP contribution in [0.4, 0.5) is 37.3 Å². The summed E-state index contributed by atoms with van der Waals surface area (Å²) in [5, 5.41) is 15.8. The number of anilines is 2. The molecule has 1 atom stereocenters. The summed E-state index contributed by atoms with van der Waals surface area (Å²) >= 11 is 1.19. The molecule has 0 aliphatic carbocycles. The Kier molecular flexibility index (Phi) is 5.22. The lowest BCUT2D eigenvalue weighted by Gasteiger charge is -2.35. The van der Waals surface area contributed by atoms with Crippen molar-refractivity contribution in [3.63, 3.8) is 0 Å². The highest BCUT2D eigenvalue weighted by atomic mass is 32.1. The van der Waals surface area contributed by atoms with Gasteiger partial charge in [0.15, 0.2) is 6.10 Å². The second-order valence-corrected chi connectivity index (χ2v) is 8.39. The van der Waals surface area contributed by atoms with Crippen LogP contribution in [0.2, 0.25) is 0 Å². The summed E-state index contributed by atoms with van der Waals surface area (Å²) in [5.74, 6) is 0.407. The third-order valence-electron chi connectivity index (χ3n) is 4.41. The molecule has 162 valence electrons. The van der Waals surface area contributed by atoms with E-state index in [-0.39, 0.29) is 10.0 Å². The van der Waals surface area contributed by atoms with Crippen LogP contribution in [0.1, 0.15) is 16.0 Å². The topological polar surface area (TPSA) is 78.3 Å². The lowest BCUT2D eigenvalue weighted by atomic mass is 10.2. The van der Waals surface area contributed by atoms with Crippen molar-refractivity contribution in [1.29, 1.82) is 0 Å². The third-order valence-corrected chi connectivity index (χ3v) is 6.54. The number of thiophene rings is 1. The van der Waals surface area contributed by atoms with Crippen molar-refractivity contribution < 1.29 is 31.4 Å². The van der Waals surface area contributed by atoms with Crippen LogP contribution < -0.4 is 9.80 Å². The van der Waals surface area contributed by atoms with Crippen molar-refractivity contribution >= 4 is 43.8 Å². The first-order valence-electron chi connectivity index (χ1n) is 8.44. The van der Waals surface area contributed by atoms with E-state index < -0.39 is 23.5 Å². The van der Waals surface area contributed by atoms with Crippen LogP contribution in [0.5, 0.6) is 0 Å². The van der Waals surface area contributed by atoms with Gasteiger partial charge in [0.05, 0.1) is 5.39 Å². The molecule has 1 aliphatic rings. The van der Waals surface area contributed by atoms with Crippen LogP contribution in [-0.4, -0.2) is 57.6 Å². The maximum atomic E-state index is 12.8. The fourth-order valence-electron chi connectivity index (χ4n) is 2.98. The molecule has 0 spiro atoms. The van der Waals surface area contributed by atoms with Gasteiger partial charge in [0.2, 0.25) is 10.1 Å². The Morgan fingerprint density at radius 3 is 2.20 bits per heavy atom. The van der Waals surface area contributed by atoms with E-state index in [9.17, 15) is 31.4 Å². The highest BCUT2D eigenvalue weighted by molar-refractivity contribution is 7.18. The van der Waals surface area contributed by atoms with Crippen LogP contribution in [0.15, 0.2) is 12.4 Å². The first-order chi connectivity index (χ1) is 14.0. The number of fused-ring (bicyclic) bond motifs is 1. The molecule has 0 amide bonds. The Morgan fingerprint density at radius 1 is 0.933 bits per heavy atom. The van der Waals surface area contributed by atoms with E-state index in [2.05, 4.69) is 20.2 Å². The van der Waals surface area contributed by atoms with Gasteiger partial charge in [-0.15, -0.1) is 21.5 Å². The second kappa shape index (κ2) is 7.46. The average molecular weight is 470 g/mol. The molecule has 4 rings (SSSR count). The number of piperazine rings is 1. The van der Waals surface area contributed by atoms with Gasteiger partial charge in [0.25, 0.3) is 0 Å². The minimum atomic E-state index is -4.79. The van der Waals surface area contributed by atoms with Gasteiger partial charge in [-0.25, -0.2) is 9.97 Å². The largest absolute Gasteiger partial charge is 0.445 e. The molecular formula is C15H12F6N6OS2. The van der Waals surface area contributed by atoms with E-state index in [1.165, 1.54) is 12.4 Å². The fourth-order valence-corrected chi connectivity index (χ4v) is 4.75. The predicted octanol–water partition coefficient (Wildman–Crippen LogP) is 3.48. The zero-order chi connectivity index (χ0) is 21.7. The van der Waals surface area contributed by atoms with Crippen molar-refractivity contribution in [3.8, 4) is 0 Å². The highest BCUT2D eigenvalue weighted by Gasteiger charge is 2.41. The van der Waals surface area contributed by atoms with Crippen LogP contribution in [0.25, 0.3) is 10.2 Å². The molecule has 0 saturated carbocycles. The van der Waals surface area contributed by atoms with Crippen LogP contribution in [0.3, 0.4) is 0 Å². The molecule has 1 fully saturated rings. The third kappa shape index (κ3) is 4.00. The molecule has 0 aromatic carbocycles. The SMILES string of the molecule is OC(c1cc2c(N3CCN(c4nnc(C(F)(F)F)s4)CC3)ncnc2s1)C(F)(F)F. The molecule has 0 bridgehead atoms. The standard InChI is InChI=1S/C15H12F6N6OS2/c16-14(17,18)9(28)8-5-7-10(22-6-23-11(7)29-8)26-1-3-27(4-2-26)13-25-24-12(30-13)15(19,20)21/h5-6,9,28H,1-4H2. The summed E-state index contributed by atoms with van der Waals surface area (Å²) in [5.41, 5.74) is 0. The lowest BCUT2D eigenvalue weighted by molar-refractivity contribution is -0.205. The molecule has 1 N–H and O–H groups in total. The van der Waals surface area contributed by atoms with E-state index in [1.807, 2.05) is 4.90 Å². The number of hydrogen-bond donors (Lipinski definition) is 1. The highest BCUT2D eigenvalue weighted by Crippen LogP contribution is 2.40. The Labute approximate surface area is 172 Å². The Hall–Kier alpha value is -2.26. The Morgan fingerprint density at radius 2 is 1.60 bits per heavy atom. The van der Waals surface area contributed by atoms with E-state index in [0.717, 1.165) is 11.3 Å². The number of aromatic nitrogens is 4. The molecule has 30 heavy (non-hydrogen) atoms. The minimum absolute atomic E-state index is 0.154. The molecule has 7 nitrogen and oxygen atoms in total. The first kappa shape index (κ1) is 21.0. The smallest absolute Gasteiger partial charge is 0.379 e. The van der Waals surface area contributed by atoms with Crippen molar-refractivity contribution in [2.45, 2.75) is 18.5 Å². The first-order valence-corrected chi connectivity index (χ1v) is 10.1. The average Bonchev–Trinajstić information content (AvgIpc) is 3.33. The molecule has 1 saturated heterocycles. The van der Waals surface area contributed by atoms with Crippen molar-refractivity contribution in [2.24, 2.45) is 0 Å². The second-order valence-electron chi connectivity index (χ2n) is 6.37. The molecule has 15 heteroatoms. The van der Waals surface area contributed by atoms with Gasteiger partial charge in [-0.1, -0.05) is 11.3 Å². The van der Waals surface area contributed by atoms with E-state index in [0.29, 0.717) is 53.6 Å². The van der Waals surface area contributed by atoms with E-state index >= 15 is 0 Å². The normalized spacial score (nSPS) is 17.0. The Bertz CT molecular complexity index is 1040. The number of alkyl halides is 6. The number of rotatable bonds is 3. The van der Waals surface area contributed by atoms with Crippen molar-refractivity contribution in [3.05, 3.63) is 22.3 Å². The number of nitrogens with zero attached hydrogens (tertiary/aromatic N) is 6. The van der Waals surface area contributed by atoms with Gasteiger partial charge in [0, 0.05) is 31.1 Å². The van der Waals surface area contributed by atoms with Gasteiger partial charge in [-0.2, -0.15) is 26.3 Å². The minimum Gasteiger partial charge on any atom is -0.379 e. The number of halogens is 6. The zero-order valence-corrected chi connectivity index (χ0v) is 16.4. The Balaban J connectivity index is 1.52. The predicted molar refractivity (Wildman–Crippen MR) is 97.8 cm³/mol. The summed E-state index contributed by atoms with van der Waals surface area (Å²) < 4.78 is 76.6. The van der Waals surface area contributed by atoms with Crippen LogP contribution in [-0.2, 0) is 6.18 Å². The fraction of sp³-hybridized carbons (Fsp3) is 0.467. The quantitative estimate of drug-likeness (QED) is 0.588. The monoisotopic (exact) mass is 470 g/mol. The number of hydrogen-bond acceptors (Lipinski definition) is 9. The molecule has 3 aromatic rings. The number of aliphatic hydroxyl groups is 1. The van der Waals surface area contributed by atoms with Crippen molar-refractivity contribution in [1.82, 2.24) is 20.2 Å². The summed E-state index contributed by atoms with van der Waals surface area (Å²) in [6.45, 7) is 1.39. The lowest BCUT2D eigenvalue weighted by Crippen LogP contribution is -2.46. The van der Waals surface area contributed by atoms with E-state index in [1.54, 1.807) is 4.90 Å². The van der Waals surface area contributed by atoms with Gasteiger partial charge < -0.3 is 14.9 Å². The van der Waals surface area contributed by atoms with Gasteiger partial charge in [0.1, 0.15) is 17.0 Å². The maximum Gasteiger partial charge on any atom is 0.445 e. The molecule has 1 aliphatic heterocycles. The molecule has 0 radical (unpaired) electrons. The van der Waals surface area contributed by atoms with Crippen molar-refractivity contribution in [2.75, 3.05) is 36.0 Å². The van der Waals surface area contributed by atoms with Gasteiger partial charge in [-0.3, -0.25) is 0 Å². The number of aliphatic hydroxyl groups excluding tert-OH is 1. The van der Waals surface area contributed by atoms with Crippen LogP contribution >= 0.6 is 22.7 Å². The van der Waals surface area contributed by atoms with Gasteiger partial charge >= 0.3 is 12.4 Å². The summed E-state index contributed by atoms with van der Waals surface area (Å²) in [6, 6.07) is 1.22. The van der Waals surface area contributed by atoms with Gasteiger partial charge in [-0.05, 0) is 6.07 Å². The molecule has 1 unspecified atom stereocenters. The maximum absolute atomic E-state index is 12.8. The summed E-state index contributed by atoms with van der Waals surface area (Å²) in [4.78, 5) is 11.6.